The summed E-state index contributed by atoms with van der Waals surface area (Å²) in [4.78, 5) is 31.7. The molecule has 2 aliphatic rings. The Bertz CT molecular complexity index is 1290. The second-order valence-corrected chi connectivity index (χ2v) is 10.3. The van der Waals surface area contributed by atoms with E-state index in [0.29, 0.717) is 11.8 Å². The summed E-state index contributed by atoms with van der Waals surface area (Å²) < 4.78 is 6.86. The zero-order chi connectivity index (χ0) is 23.7. The van der Waals surface area contributed by atoms with E-state index in [1.807, 2.05) is 37.3 Å². The highest BCUT2D eigenvalue weighted by atomic mass is 32.2. The maximum Gasteiger partial charge on any atom is 0.316 e. The quantitative estimate of drug-likeness (QED) is 0.273. The molecule has 0 atom stereocenters. The van der Waals surface area contributed by atoms with Gasteiger partial charge in [-0.05, 0) is 56.4 Å². The van der Waals surface area contributed by atoms with E-state index >= 15 is 0 Å². The normalized spacial score (nSPS) is 16.1. The van der Waals surface area contributed by atoms with Gasteiger partial charge in [0.2, 0.25) is 0 Å². The Hall–Kier alpha value is -2.86. The minimum absolute atomic E-state index is 0.00152. The van der Waals surface area contributed by atoms with E-state index in [-0.39, 0.29) is 22.7 Å². The van der Waals surface area contributed by atoms with Gasteiger partial charge in [-0.15, -0.1) is 0 Å². The highest BCUT2D eigenvalue weighted by molar-refractivity contribution is 7.99. The van der Waals surface area contributed by atoms with Crippen molar-refractivity contribution >= 4 is 17.7 Å². The number of fused-ring (bicyclic) bond motifs is 4. The summed E-state index contributed by atoms with van der Waals surface area (Å²) in [7, 11) is 0. The van der Waals surface area contributed by atoms with E-state index in [9.17, 15) is 9.59 Å². The van der Waals surface area contributed by atoms with Crippen LogP contribution in [0.3, 0.4) is 0 Å². The van der Waals surface area contributed by atoms with Crippen molar-refractivity contribution in [1.29, 1.82) is 0 Å². The van der Waals surface area contributed by atoms with Crippen LogP contribution in [0.15, 0.2) is 58.5 Å². The molecule has 2 aromatic carbocycles. The largest absolute Gasteiger partial charge is 0.465 e. The summed E-state index contributed by atoms with van der Waals surface area (Å²) in [6.07, 6.45) is 6.38. The standard InChI is InChI=1S/C28H30N2O3S/c1-3-33-23(31)18-34-27-29-25-22-13-6-5-11-20(22)17-28(14-7-4-8-15-28)24(25)26(32)30(27)21-12-9-10-19(2)16-21/h5-6,9-13,16H,3-4,7-8,14-15,17-18H2,1-2H3. The molecule has 1 aromatic heterocycles. The second-order valence-electron chi connectivity index (χ2n) is 9.37. The maximum absolute atomic E-state index is 14.4. The van der Waals surface area contributed by atoms with Gasteiger partial charge in [0.15, 0.2) is 5.16 Å². The third-order valence-corrected chi connectivity index (χ3v) is 7.99. The van der Waals surface area contributed by atoms with Crippen LogP contribution in [0.2, 0.25) is 0 Å². The first-order valence-corrected chi connectivity index (χ1v) is 13.1. The molecule has 1 saturated carbocycles. The monoisotopic (exact) mass is 474 g/mol. The number of ether oxygens (including phenoxy) is 1. The van der Waals surface area contributed by atoms with Gasteiger partial charge in [-0.2, -0.15) is 0 Å². The van der Waals surface area contributed by atoms with Gasteiger partial charge in [0.05, 0.1) is 29.3 Å². The molecule has 0 radical (unpaired) electrons. The Kier molecular flexibility index (Phi) is 6.34. The van der Waals surface area contributed by atoms with Crippen molar-refractivity contribution in [1.82, 2.24) is 9.55 Å². The lowest BCUT2D eigenvalue weighted by molar-refractivity contribution is -0.139. The van der Waals surface area contributed by atoms with Crippen LogP contribution in [0.1, 0.15) is 55.7 Å². The van der Waals surface area contributed by atoms with Crippen molar-refractivity contribution in [3.05, 3.63) is 75.6 Å². The minimum Gasteiger partial charge on any atom is -0.465 e. The first-order valence-electron chi connectivity index (χ1n) is 12.1. The van der Waals surface area contributed by atoms with E-state index in [1.54, 1.807) is 11.5 Å². The highest BCUT2D eigenvalue weighted by Gasteiger charge is 2.43. The third-order valence-electron chi connectivity index (χ3n) is 7.08. The molecular formula is C28H30N2O3S. The van der Waals surface area contributed by atoms with Gasteiger partial charge in [0.1, 0.15) is 0 Å². The lowest BCUT2D eigenvalue weighted by Crippen LogP contribution is -2.43. The van der Waals surface area contributed by atoms with Crippen LogP contribution in [0.4, 0.5) is 0 Å². The van der Waals surface area contributed by atoms with E-state index in [4.69, 9.17) is 9.72 Å². The number of nitrogens with zero attached hydrogens (tertiary/aromatic N) is 2. The number of carbonyl (C=O) groups excluding carboxylic acids is 1. The molecule has 0 aliphatic heterocycles. The van der Waals surface area contributed by atoms with Crippen LogP contribution in [-0.4, -0.2) is 27.9 Å². The van der Waals surface area contributed by atoms with E-state index < -0.39 is 0 Å². The molecule has 0 unspecified atom stereocenters. The molecule has 0 N–H and O–H groups in total. The number of hydrogen-bond donors (Lipinski definition) is 0. The molecule has 2 aliphatic carbocycles. The molecule has 5 nitrogen and oxygen atoms in total. The van der Waals surface area contributed by atoms with Gasteiger partial charge >= 0.3 is 5.97 Å². The summed E-state index contributed by atoms with van der Waals surface area (Å²) in [5.74, 6) is -0.197. The fourth-order valence-electron chi connectivity index (χ4n) is 5.61. The van der Waals surface area contributed by atoms with Crippen molar-refractivity contribution in [3.8, 4) is 16.9 Å². The van der Waals surface area contributed by atoms with Gasteiger partial charge in [-0.3, -0.25) is 14.2 Å². The number of thioether (sulfide) groups is 1. The Morgan fingerprint density at radius 3 is 2.68 bits per heavy atom. The fraction of sp³-hybridized carbons (Fsp3) is 0.393. The molecule has 0 saturated heterocycles. The molecule has 1 spiro atoms. The van der Waals surface area contributed by atoms with Crippen molar-refractivity contribution < 1.29 is 9.53 Å². The average molecular weight is 475 g/mol. The Labute approximate surface area is 204 Å². The first-order chi connectivity index (χ1) is 16.5. The zero-order valence-electron chi connectivity index (χ0n) is 19.8. The van der Waals surface area contributed by atoms with Crippen LogP contribution < -0.4 is 5.56 Å². The Morgan fingerprint density at radius 2 is 1.91 bits per heavy atom. The lowest BCUT2D eigenvalue weighted by atomic mass is 9.62. The summed E-state index contributed by atoms with van der Waals surface area (Å²) in [6, 6.07) is 16.3. The highest BCUT2D eigenvalue weighted by Crippen LogP contribution is 2.49. The maximum atomic E-state index is 14.4. The Morgan fingerprint density at radius 1 is 1.12 bits per heavy atom. The number of benzene rings is 2. The minimum atomic E-state index is -0.306. The molecule has 1 heterocycles. The molecule has 1 fully saturated rings. The molecule has 34 heavy (non-hydrogen) atoms. The number of hydrogen-bond acceptors (Lipinski definition) is 5. The molecule has 176 valence electrons. The van der Waals surface area contributed by atoms with Gasteiger partial charge in [0, 0.05) is 11.0 Å². The number of carbonyl (C=O) groups is 1. The average Bonchev–Trinajstić information content (AvgIpc) is 2.83. The van der Waals surface area contributed by atoms with Crippen LogP contribution in [0.5, 0.6) is 0 Å². The predicted octanol–water partition coefficient (Wildman–Crippen LogP) is 5.62. The van der Waals surface area contributed by atoms with Crippen molar-refractivity contribution in [2.24, 2.45) is 0 Å². The SMILES string of the molecule is CCOC(=O)CSc1nc2c(c(=O)n1-c1cccc(C)c1)C1(CCCCC1)Cc1ccccc1-2. The van der Waals surface area contributed by atoms with Crippen LogP contribution in [0.25, 0.3) is 16.9 Å². The van der Waals surface area contributed by atoms with Gasteiger partial charge in [0.25, 0.3) is 5.56 Å². The Balaban J connectivity index is 1.76. The number of rotatable bonds is 5. The summed E-state index contributed by atoms with van der Waals surface area (Å²) >= 11 is 1.27. The van der Waals surface area contributed by atoms with E-state index in [0.717, 1.165) is 60.2 Å². The second kappa shape index (κ2) is 9.41. The number of aryl methyl sites for hydroxylation is 1. The molecule has 0 bridgehead atoms. The topological polar surface area (TPSA) is 61.2 Å². The van der Waals surface area contributed by atoms with Crippen molar-refractivity contribution in [3.63, 3.8) is 0 Å². The van der Waals surface area contributed by atoms with Gasteiger partial charge < -0.3 is 4.74 Å². The molecule has 3 aromatic rings. The number of esters is 1. The van der Waals surface area contributed by atoms with Gasteiger partial charge in [-0.25, -0.2) is 4.98 Å². The summed E-state index contributed by atoms with van der Waals surface area (Å²) in [5.41, 5.74) is 5.63. The molecule has 0 amide bonds. The smallest absolute Gasteiger partial charge is 0.316 e. The third kappa shape index (κ3) is 4.09. The lowest BCUT2D eigenvalue weighted by Gasteiger charge is -2.42. The predicted molar refractivity (Wildman–Crippen MR) is 136 cm³/mol. The first kappa shape index (κ1) is 22.9. The zero-order valence-corrected chi connectivity index (χ0v) is 20.6. The molecule has 6 heteroatoms. The molecular weight excluding hydrogens is 444 g/mol. The van der Waals surface area contributed by atoms with Crippen molar-refractivity contribution in [2.75, 3.05) is 12.4 Å². The van der Waals surface area contributed by atoms with Crippen LogP contribution >= 0.6 is 11.8 Å². The van der Waals surface area contributed by atoms with Gasteiger partial charge in [-0.1, -0.05) is 67.4 Å². The van der Waals surface area contributed by atoms with Crippen molar-refractivity contribution in [2.45, 2.75) is 62.9 Å². The molecule has 5 rings (SSSR count). The van der Waals surface area contributed by atoms with E-state index in [2.05, 4.69) is 18.2 Å². The summed E-state index contributed by atoms with van der Waals surface area (Å²) in [6.45, 7) is 4.14. The summed E-state index contributed by atoms with van der Waals surface area (Å²) in [5, 5.41) is 0.532. The number of aromatic nitrogens is 2. The van der Waals surface area contributed by atoms with E-state index in [1.165, 1.54) is 23.7 Å². The fourth-order valence-corrected chi connectivity index (χ4v) is 6.41. The van der Waals surface area contributed by atoms with Crippen LogP contribution in [0, 0.1) is 6.92 Å². The van der Waals surface area contributed by atoms with Crippen LogP contribution in [-0.2, 0) is 21.4 Å².